The molecule has 1 aliphatic heterocycles. The normalized spacial score (nSPS) is 14.0. The van der Waals surface area contributed by atoms with E-state index in [1.54, 1.807) is 12.1 Å². The molecule has 0 amide bonds. The van der Waals surface area contributed by atoms with Crippen molar-refractivity contribution in [1.29, 1.82) is 0 Å². The van der Waals surface area contributed by atoms with Gasteiger partial charge in [0.15, 0.2) is 0 Å². The molecule has 0 spiro atoms. The van der Waals surface area contributed by atoms with Gasteiger partial charge in [-0.15, -0.1) is 0 Å². The summed E-state index contributed by atoms with van der Waals surface area (Å²) in [6, 6.07) is 12.2. The van der Waals surface area contributed by atoms with Crippen molar-refractivity contribution in [1.82, 2.24) is 15.0 Å². The Morgan fingerprint density at radius 2 is 1.45 bits per heavy atom. The summed E-state index contributed by atoms with van der Waals surface area (Å²) in [6.07, 6.45) is 0. The highest BCUT2D eigenvalue weighted by atomic mass is 19.1. The van der Waals surface area contributed by atoms with Crippen molar-refractivity contribution in [2.24, 2.45) is 0 Å². The lowest BCUT2D eigenvalue weighted by Gasteiger charge is -2.27. The van der Waals surface area contributed by atoms with E-state index >= 15 is 0 Å². The van der Waals surface area contributed by atoms with Gasteiger partial charge in [-0.3, -0.25) is 0 Å². The first-order valence-electron chi connectivity index (χ1n) is 9.52. The zero-order valence-corrected chi connectivity index (χ0v) is 16.4. The van der Waals surface area contributed by atoms with Crippen LogP contribution in [0.3, 0.4) is 0 Å². The van der Waals surface area contributed by atoms with Crippen LogP contribution in [0, 0.1) is 19.7 Å². The first-order valence-corrected chi connectivity index (χ1v) is 9.52. The van der Waals surface area contributed by atoms with Crippen molar-refractivity contribution in [2.45, 2.75) is 13.8 Å². The lowest BCUT2D eigenvalue weighted by Crippen LogP contribution is -2.37. The molecule has 7 nitrogen and oxygen atoms in total. The topological polar surface area (TPSA) is 75.2 Å². The van der Waals surface area contributed by atoms with E-state index in [4.69, 9.17) is 4.74 Å². The Morgan fingerprint density at radius 3 is 2.10 bits per heavy atom. The Bertz CT molecular complexity index is 989. The molecule has 2 heterocycles. The van der Waals surface area contributed by atoms with Gasteiger partial charge >= 0.3 is 0 Å². The predicted molar refractivity (Wildman–Crippen MR) is 112 cm³/mol. The Balaban J connectivity index is 1.64. The molecule has 0 radical (unpaired) electrons. The average molecular weight is 394 g/mol. The van der Waals surface area contributed by atoms with Crippen molar-refractivity contribution in [3.8, 4) is 0 Å². The van der Waals surface area contributed by atoms with Crippen LogP contribution in [0.4, 0.5) is 33.6 Å². The molecular formula is C21H23FN6O. The minimum absolute atomic E-state index is 0.294. The van der Waals surface area contributed by atoms with Gasteiger partial charge in [0.25, 0.3) is 0 Å². The van der Waals surface area contributed by atoms with Crippen LogP contribution >= 0.6 is 0 Å². The van der Waals surface area contributed by atoms with E-state index in [2.05, 4.69) is 56.5 Å². The third-order valence-corrected chi connectivity index (χ3v) is 4.78. The van der Waals surface area contributed by atoms with Crippen LogP contribution in [0.2, 0.25) is 0 Å². The monoisotopic (exact) mass is 394 g/mol. The van der Waals surface area contributed by atoms with E-state index in [1.165, 1.54) is 23.3 Å². The SMILES string of the molecule is Cc1ccc(Nc2nc(Nc3ccc(F)cc3)nc(N3CCOCC3)n2)cc1C. The van der Waals surface area contributed by atoms with Crippen molar-refractivity contribution < 1.29 is 9.13 Å². The largest absolute Gasteiger partial charge is 0.378 e. The lowest BCUT2D eigenvalue weighted by molar-refractivity contribution is 0.122. The highest BCUT2D eigenvalue weighted by molar-refractivity contribution is 5.60. The van der Waals surface area contributed by atoms with Gasteiger partial charge in [-0.2, -0.15) is 15.0 Å². The summed E-state index contributed by atoms with van der Waals surface area (Å²) >= 11 is 0. The molecule has 8 heteroatoms. The van der Waals surface area contributed by atoms with Gasteiger partial charge < -0.3 is 20.3 Å². The molecule has 0 aliphatic carbocycles. The summed E-state index contributed by atoms with van der Waals surface area (Å²) in [5.41, 5.74) is 4.00. The molecule has 0 unspecified atom stereocenters. The third kappa shape index (κ3) is 4.78. The van der Waals surface area contributed by atoms with E-state index in [1.807, 2.05) is 6.07 Å². The standard InChI is InChI=1S/C21H23FN6O/c1-14-3-6-18(13-15(14)2)24-20-25-19(23-17-7-4-16(22)5-8-17)26-21(27-20)28-9-11-29-12-10-28/h3-8,13H,9-12H2,1-2H3,(H2,23,24,25,26,27). The van der Waals surface area contributed by atoms with Gasteiger partial charge in [-0.05, 0) is 61.4 Å². The number of aromatic nitrogens is 3. The fraction of sp³-hybridized carbons (Fsp3) is 0.286. The highest BCUT2D eigenvalue weighted by Gasteiger charge is 2.17. The number of nitrogens with zero attached hydrogens (tertiary/aromatic N) is 4. The van der Waals surface area contributed by atoms with Crippen LogP contribution in [0.1, 0.15) is 11.1 Å². The van der Waals surface area contributed by atoms with E-state index in [0.29, 0.717) is 49.8 Å². The number of rotatable bonds is 5. The van der Waals surface area contributed by atoms with Crippen LogP contribution in [-0.2, 0) is 4.74 Å². The Labute approximate surface area is 169 Å². The minimum Gasteiger partial charge on any atom is -0.378 e. The van der Waals surface area contributed by atoms with Gasteiger partial charge in [0.2, 0.25) is 17.8 Å². The molecule has 4 rings (SSSR count). The number of hydrogen-bond donors (Lipinski definition) is 2. The third-order valence-electron chi connectivity index (χ3n) is 4.78. The number of anilines is 5. The number of morpholine rings is 1. The van der Waals surface area contributed by atoms with E-state index in [9.17, 15) is 4.39 Å². The molecule has 1 aliphatic rings. The molecule has 150 valence electrons. The zero-order chi connectivity index (χ0) is 20.2. The second-order valence-electron chi connectivity index (χ2n) is 6.94. The molecular weight excluding hydrogens is 371 g/mol. The number of benzene rings is 2. The molecule has 29 heavy (non-hydrogen) atoms. The molecule has 1 aromatic heterocycles. The summed E-state index contributed by atoms with van der Waals surface area (Å²) in [5, 5.41) is 6.40. The van der Waals surface area contributed by atoms with Gasteiger partial charge in [-0.25, -0.2) is 4.39 Å². The minimum atomic E-state index is -0.294. The zero-order valence-electron chi connectivity index (χ0n) is 16.4. The maximum atomic E-state index is 13.2. The molecule has 2 aromatic carbocycles. The molecule has 0 bridgehead atoms. The summed E-state index contributed by atoms with van der Waals surface area (Å²) in [5.74, 6) is 1.10. The van der Waals surface area contributed by atoms with Gasteiger partial charge in [-0.1, -0.05) is 6.07 Å². The predicted octanol–water partition coefficient (Wildman–Crippen LogP) is 3.95. The van der Waals surface area contributed by atoms with Crippen LogP contribution in [-0.4, -0.2) is 41.3 Å². The second kappa shape index (κ2) is 8.40. The van der Waals surface area contributed by atoms with Crippen LogP contribution in [0.25, 0.3) is 0 Å². The first-order chi connectivity index (χ1) is 14.1. The molecule has 1 fully saturated rings. The Kier molecular flexibility index (Phi) is 5.53. The Hall–Kier alpha value is -3.26. The van der Waals surface area contributed by atoms with E-state index in [0.717, 1.165) is 5.69 Å². The number of ether oxygens (including phenoxy) is 1. The van der Waals surface area contributed by atoms with Crippen molar-refractivity contribution in [3.63, 3.8) is 0 Å². The summed E-state index contributed by atoms with van der Waals surface area (Å²) in [6.45, 7) is 6.82. The fourth-order valence-electron chi connectivity index (χ4n) is 2.99. The highest BCUT2D eigenvalue weighted by Crippen LogP contribution is 2.22. The maximum Gasteiger partial charge on any atom is 0.233 e. The molecule has 0 saturated carbocycles. The van der Waals surface area contributed by atoms with E-state index < -0.39 is 0 Å². The van der Waals surface area contributed by atoms with Gasteiger partial charge in [0, 0.05) is 24.5 Å². The van der Waals surface area contributed by atoms with Gasteiger partial charge in [0.05, 0.1) is 13.2 Å². The number of hydrogen-bond acceptors (Lipinski definition) is 7. The van der Waals surface area contributed by atoms with Crippen LogP contribution in [0.15, 0.2) is 42.5 Å². The smallest absolute Gasteiger partial charge is 0.233 e. The quantitative estimate of drug-likeness (QED) is 0.679. The van der Waals surface area contributed by atoms with Crippen molar-refractivity contribution in [3.05, 3.63) is 59.4 Å². The van der Waals surface area contributed by atoms with Crippen LogP contribution in [0.5, 0.6) is 0 Å². The summed E-state index contributed by atoms with van der Waals surface area (Å²) in [7, 11) is 0. The summed E-state index contributed by atoms with van der Waals surface area (Å²) in [4.78, 5) is 15.7. The fourth-order valence-corrected chi connectivity index (χ4v) is 2.99. The molecule has 2 N–H and O–H groups in total. The molecule has 1 saturated heterocycles. The first kappa shape index (κ1) is 19.1. The number of halogens is 1. The van der Waals surface area contributed by atoms with Crippen molar-refractivity contribution in [2.75, 3.05) is 41.8 Å². The van der Waals surface area contributed by atoms with E-state index in [-0.39, 0.29) is 5.82 Å². The maximum absolute atomic E-state index is 13.2. The molecule has 0 atom stereocenters. The molecule has 3 aromatic rings. The van der Waals surface area contributed by atoms with Gasteiger partial charge in [0.1, 0.15) is 5.82 Å². The van der Waals surface area contributed by atoms with Crippen molar-refractivity contribution >= 4 is 29.2 Å². The second-order valence-corrected chi connectivity index (χ2v) is 6.94. The average Bonchev–Trinajstić information content (AvgIpc) is 2.73. The summed E-state index contributed by atoms with van der Waals surface area (Å²) < 4.78 is 18.6. The van der Waals surface area contributed by atoms with Crippen LogP contribution < -0.4 is 15.5 Å². The number of aryl methyl sites for hydroxylation is 2. The number of nitrogens with one attached hydrogen (secondary N) is 2. The Morgan fingerprint density at radius 1 is 0.828 bits per heavy atom. The lowest BCUT2D eigenvalue weighted by atomic mass is 10.1.